The second-order valence-electron chi connectivity index (χ2n) is 5.63. The molecule has 1 aliphatic heterocycles. The van der Waals surface area contributed by atoms with Crippen molar-refractivity contribution < 1.29 is 19.8 Å². The Morgan fingerprint density at radius 3 is 2.12 bits per heavy atom. The Balaban J connectivity index is 0.000000413. The molecule has 1 aromatic heterocycles. The maximum atomic E-state index is 11.9. The molecule has 0 radical (unpaired) electrons. The lowest BCUT2D eigenvalue weighted by Crippen LogP contribution is -2.39. The van der Waals surface area contributed by atoms with Gasteiger partial charge in [0.15, 0.2) is 0 Å². The summed E-state index contributed by atoms with van der Waals surface area (Å²) in [6.45, 7) is 5.91. The summed E-state index contributed by atoms with van der Waals surface area (Å²) in [4.78, 5) is 44.0. The van der Waals surface area contributed by atoms with Crippen molar-refractivity contribution in [2.24, 2.45) is 7.05 Å². The van der Waals surface area contributed by atoms with E-state index < -0.39 is 11.9 Å². The largest absolute Gasteiger partial charge is 0.473 e. The number of carboxylic acid groups (broad SMARTS) is 2. The molecule has 2 rings (SSSR count). The molecule has 0 atom stereocenters. The van der Waals surface area contributed by atoms with E-state index >= 15 is 0 Å². The molecule has 1 aromatic rings. The first-order valence-electron chi connectivity index (χ1n) is 7.70. The summed E-state index contributed by atoms with van der Waals surface area (Å²) in [5, 5.41) is 14.8. The number of aliphatic carboxylic acids is 2. The van der Waals surface area contributed by atoms with Crippen molar-refractivity contribution in [1.82, 2.24) is 14.0 Å². The molecule has 0 saturated carbocycles. The van der Waals surface area contributed by atoms with E-state index in [4.69, 9.17) is 19.8 Å². The van der Waals surface area contributed by atoms with Gasteiger partial charge in [-0.15, -0.1) is 0 Å². The van der Waals surface area contributed by atoms with Gasteiger partial charge >= 0.3 is 17.6 Å². The van der Waals surface area contributed by atoms with Crippen LogP contribution in [0.5, 0.6) is 0 Å². The van der Waals surface area contributed by atoms with Crippen LogP contribution in [0, 0.1) is 6.92 Å². The molecule has 0 spiro atoms. The topological polar surface area (TPSA) is 122 Å². The summed E-state index contributed by atoms with van der Waals surface area (Å²) in [5.74, 6) is -3.65. The van der Waals surface area contributed by atoms with E-state index in [0.29, 0.717) is 6.54 Å². The number of carboxylic acids is 2. The van der Waals surface area contributed by atoms with E-state index in [0.717, 1.165) is 18.7 Å². The van der Waals surface area contributed by atoms with Gasteiger partial charge in [0.1, 0.15) is 0 Å². The first-order valence-corrected chi connectivity index (χ1v) is 7.70. The lowest BCUT2D eigenvalue weighted by atomic mass is 10.3. The summed E-state index contributed by atoms with van der Waals surface area (Å²) in [7, 11) is 1.53. The second kappa shape index (κ2) is 9.02. The summed E-state index contributed by atoms with van der Waals surface area (Å²) in [6, 6.07) is 1.53. The van der Waals surface area contributed by atoms with Crippen LogP contribution in [0.15, 0.2) is 15.7 Å². The van der Waals surface area contributed by atoms with Crippen LogP contribution in [-0.4, -0.2) is 55.8 Å². The summed E-state index contributed by atoms with van der Waals surface area (Å²) in [6.07, 6.45) is 3.54. The maximum Gasteiger partial charge on any atom is 0.414 e. The van der Waals surface area contributed by atoms with Crippen LogP contribution < -0.4 is 11.2 Å². The summed E-state index contributed by atoms with van der Waals surface area (Å²) in [5.41, 5.74) is 0.319. The van der Waals surface area contributed by atoms with Crippen LogP contribution in [0.2, 0.25) is 0 Å². The minimum Gasteiger partial charge on any atom is -0.473 e. The minimum absolute atomic E-state index is 0.207. The highest BCUT2D eigenvalue weighted by Crippen LogP contribution is 2.07. The van der Waals surface area contributed by atoms with Gasteiger partial charge in [0, 0.05) is 25.4 Å². The van der Waals surface area contributed by atoms with Crippen molar-refractivity contribution >= 4 is 11.9 Å². The SMILES string of the molecule is Cc1cc(=O)n(C)c(=O)n1CCCN1CCCC1.O=C(O)C(=O)O. The second-order valence-corrected chi connectivity index (χ2v) is 5.63. The molecular formula is C15H23N3O6. The van der Waals surface area contributed by atoms with E-state index in [-0.39, 0.29) is 11.2 Å². The smallest absolute Gasteiger partial charge is 0.414 e. The van der Waals surface area contributed by atoms with Gasteiger partial charge in [0.05, 0.1) is 0 Å². The Hall–Kier alpha value is -2.42. The Labute approximate surface area is 138 Å². The zero-order chi connectivity index (χ0) is 18.3. The number of aromatic nitrogens is 2. The molecule has 134 valence electrons. The quantitative estimate of drug-likeness (QED) is 0.708. The van der Waals surface area contributed by atoms with E-state index in [1.165, 1.54) is 43.6 Å². The monoisotopic (exact) mass is 341 g/mol. The highest BCUT2D eigenvalue weighted by molar-refractivity contribution is 6.27. The zero-order valence-electron chi connectivity index (χ0n) is 13.9. The van der Waals surface area contributed by atoms with Gasteiger partial charge in [0.2, 0.25) is 0 Å². The third kappa shape index (κ3) is 5.65. The van der Waals surface area contributed by atoms with Crippen molar-refractivity contribution in [2.75, 3.05) is 19.6 Å². The van der Waals surface area contributed by atoms with Gasteiger partial charge in [-0.05, 0) is 45.8 Å². The fraction of sp³-hybridized carbons (Fsp3) is 0.600. The molecular weight excluding hydrogens is 318 g/mol. The highest BCUT2D eigenvalue weighted by atomic mass is 16.4. The third-order valence-corrected chi connectivity index (χ3v) is 3.84. The number of aryl methyl sites for hydroxylation is 1. The van der Waals surface area contributed by atoms with E-state index in [1.807, 2.05) is 6.92 Å². The Bertz CT molecular complexity index is 688. The van der Waals surface area contributed by atoms with Crippen molar-refractivity contribution in [3.05, 3.63) is 32.6 Å². The average Bonchev–Trinajstić information content (AvgIpc) is 3.02. The van der Waals surface area contributed by atoms with Crippen molar-refractivity contribution in [1.29, 1.82) is 0 Å². The number of rotatable bonds is 4. The predicted molar refractivity (Wildman–Crippen MR) is 86.2 cm³/mol. The number of hydrogen-bond acceptors (Lipinski definition) is 5. The number of carbonyl (C=O) groups is 2. The molecule has 1 fully saturated rings. The summed E-state index contributed by atoms with van der Waals surface area (Å²) >= 11 is 0. The van der Waals surface area contributed by atoms with Crippen molar-refractivity contribution in [3.63, 3.8) is 0 Å². The molecule has 1 saturated heterocycles. The Kier molecular flexibility index (Phi) is 7.37. The van der Waals surface area contributed by atoms with Gasteiger partial charge in [0.25, 0.3) is 5.56 Å². The Morgan fingerprint density at radius 1 is 1.08 bits per heavy atom. The van der Waals surface area contributed by atoms with Crippen LogP contribution >= 0.6 is 0 Å². The van der Waals surface area contributed by atoms with Crippen molar-refractivity contribution in [2.45, 2.75) is 32.7 Å². The van der Waals surface area contributed by atoms with Gasteiger partial charge in [-0.2, -0.15) is 0 Å². The van der Waals surface area contributed by atoms with Crippen molar-refractivity contribution in [3.8, 4) is 0 Å². The standard InChI is InChI=1S/C13H21N3O2.C2H2O4/c1-11-10-12(17)14(2)13(18)16(11)9-5-8-15-6-3-4-7-15;3-1(4)2(5)6/h10H,3-9H2,1-2H3;(H,3,4)(H,5,6). The lowest BCUT2D eigenvalue weighted by Gasteiger charge is -2.16. The van der Waals surface area contributed by atoms with Gasteiger partial charge in [-0.25, -0.2) is 14.4 Å². The molecule has 0 aromatic carbocycles. The molecule has 0 aliphatic carbocycles. The molecule has 1 aliphatic rings. The average molecular weight is 341 g/mol. The minimum atomic E-state index is -1.82. The van der Waals surface area contributed by atoms with Crippen LogP contribution in [0.1, 0.15) is 25.0 Å². The molecule has 0 unspecified atom stereocenters. The first kappa shape index (κ1) is 19.6. The fourth-order valence-electron chi connectivity index (χ4n) is 2.51. The maximum absolute atomic E-state index is 11.9. The number of hydrogen-bond donors (Lipinski definition) is 2. The third-order valence-electron chi connectivity index (χ3n) is 3.84. The lowest BCUT2D eigenvalue weighted by molar-refractivity contribution is -0.159. The van der Waals surface area contributed by atoms with Crippen LogP contribution in [0.4, 0.5) is 0 Å². The summed E-state index contributed by atoms with van der Waals surface area (Å²) < 4.78 is 2.86. The molecule has 24 heavy (non-hydrogen) atoms. The van der Waals surface area contributed by atoms with E-state index in [2.05, 4.69) is 4.90 Å². The van der Waals surface area contributed by atoms with Crippen LogP contribution in [-0.2, 0) is 23.2 Å². The molecule has 9 nitrogen and oxygen atoms in total. The Morgan fingerprint density at radius 2 is 1.62 bits per heavy atom. The highest BCUT2D eigenvalue weighted by Gasteiger charge is 2.11. The molecule has 2 N–H and O–H groups in total. The first-order chi connectivity index (χ1) is 11.2. The van der Waals surface area contributed by atoms with Crippen LogP contribution in [0.3, 0.4) is 0 Å². The fourth-order valence-corrected chi connectivity index (χ4v) is 2.51. The normalized spacial score (nSPS) is 14.1. The zero-order valence-corrected chi connectivity index (χ0v) is 13.9. The van der Waals surface area contributed by atoms with E-state index in [9.17, 15) is 9.59 Å². The number of likely N-dealkylation sites (tertiary alicyclic amines) is 1. The van der Waals surface area contributed by atoms with Crippen LogP contribution in [0.25, 0.3) is 0 Å². The molecule has 0 amide bonds. The number of nitrogens with zero attached hydrogens (tertiary/aromatic N) is 3. The predicted octanol–water partition coefficient (Wildman–Crippen LogP) is -0.503. The molecule has 2 heterocycles. The van der Waals surface area contributed by atoms with Gasteiger partial charge < -0.3 is 15.1 Å². The van der Waals surface area contributed by atoms with Gasteiger partial charge in [-0.3, -0.25) is 13.9 Å². The molecule has 0 bridgehead atoms. The van der Waals surface area contributed by atoms with Gasteiger partial charge in [-0.1, -0.05) is 0 Å². The molecule has 9 heteroatoms. The van der Waals surface area contributed by atoms with E-state index in [1.54, 1.807) is 4.57 Å².